The van der Waals surface area contributed by atoms with Gasteiger partial charge in [-0.15, -0.1) is 0 Å². The van der Waals surface area contributed by atoms with E-state index in [2.05, 4.69) is 5.32 Å². The van der Waals surface area contributed by atoms with E-state index in [0.717, 1.165) is 6.07 Å². The molecular weight excluding hydrogens is 224 g/mol. The number of likely N-dealkylation sites (N-methyl/N-ethyl adjacent to an activating group) is 1. The van der Waals surface area contributed by atoms with E-state index < -0.39 is 4.92 Å². The Hall–Kier alpha value is -2.21. The van der Waals surface area contributed by atoms with E-state index in [9.17, 15) is 20.0 Å². The number of nitro benzene ring substituents is 1. The summed E-state index contributed by atoms with van der Waals surface area (Å²) >= 11 is 0. The minimum absolute atomic E-state index is 0.0942. The number of rotatable bonds is 5. The summed E-state index contributed by atoms with van der Waals surface area (Å²) in [6.45, 7) is 0.554. The van der Waals surface area contributed by atoms with Gasteiger partial charge in [-0.25, -0.2) is 0 Å². The number of nitro groups is 1. The maximum absolute atomic E-state index is 10.7. The highest BCUT2D eigenvalue weighted by molar-refractivity contribution is 5.83. The smallest absolute Gasteiger partial charge is 0.271 e. The van der Waals surface area contributed by atoms with Gasteiger partial charge in [-0.2, -0.15) is 0 Å². The number of carbonyl (C=O) groups excluding carboxylic acids is 1. The van der Waals surface area contributed by atoms with Gasteiger partial charge in [0.2, 0.25) is 0 Å². The summed E-state index contributed by atoms with van der Waals surface area (Å²) < 4.78 is 0. The molecule has 0 amide bonds. The first kappa shape index (κ1) is 12.9. The number of carbonyl (C=O) groups is 1. The largest absolute Gasteiger partial charge is 0.507 e. The molecule has 6 nitrogen and oxygen atoms in total. The molecule has 0 heterocycles. The van der Waals surface area contributed by atoms with Crippen LogP contribution in [0.2, 0.25) is 0 Å². The van der Waals surface area contributed by atoms with Crippen LogP contribution in [0.3, 0.4) is 0 Å². The predicted molar refractivity (Wildman–Crippen MR) is 63.1 cm³/mol. The Morgan fingerprint density at radius 1 is 1.47 bits per heavy atom. The average molecular weight is 236 g/mol. The van der Waals surface area contributed by atoms with Gasteiger partial charge in [0.1, 0.15) is 5.75 Å². The second-order valence-corrected chi connectivity index (χ2v) is 3.31. The second kappa shape index (κ2) is 5.76. The fourth-order valence-electron chi connectivity index (χ4n) is 1.29. The molecule has 0 saturated carbocycles. The quantitative estimate of drug-likeness (QED) is 0.457. The van der Waals surface area contributed by atoms with Crippen molar-refractivity contribution < 1.29 is 14.8 Å². The number of non-ortho nitro benzene ring substituents is 1. The third kappa shape index (κ3) is 3.12. The lowest BCUT2D eigenvalue weighted by Crippen LogP contribution is -2.03. The van der Waals surface area contributed by atoms with Crippen LogP contribution in [0.1, 0.15) is 15.9 Å². The van der Waals surface area contributed by atoms with Gasteiger partial charge in [0.15, 0.2) is 6.29 Å². The monoisotopic (exact) mass is 236 g/mol. The van der Waals surface area contributed by atoms with Crippen LogP contribution in [0.5, 0.6) is 5.75 Å². The van der Waals surface area contributed by atoms with Gasteiger partial charge in [0, 0.05) is 24.2 Å². The first-order chi connectivity index (χ1) is 8.10. The molecule has 0 fully saturated rings. The van der Waals surface area contributed by atoms with Gasteiger partial charge in [0.25, 0.3) is 5.69 Å². The second-order valence-electron chi connectivity index (χ2n) is 3.31. The molecule has 0 saturated heterocycles. The Labute approximate surface area is 97.7 Å². The van der Waals surface area contributed by atoms with Crippen LogP contribution >= 0.6 is 0 Å². The van der Waals surface area contributed by atoms with Crippen molar-refractivity contribution in [2.45, 2.75) is 0 Å². The van der Waals surface area contributed by atoms with E-state index >= 15 is 0 Å². The van der Waals surface area contributed by atoms with E-state index in [0.29, 0.717) is 12.8 Å². The van der Waals surface area contributed by atoms with Crippen LogP contribution in [-0.2, 0) is 0 Å². The maximum Gasteiger partial charge on any atom is 0.271 e. The summed E-state index contributed by atoms with van der Waals surface area (Å²) in [6.07, 6.45) is 3.59. The molecule has 1 rings (SSSR count). The van der Waals surface area contributed by atoms with Crippen molar-refractivity contribution in [1.29, 1.82) is 0 Å². The highest BCUT2D eigenvalue weighted by Gasteiger charge is 2.13. The van der Waals surface area contributed by atoms with Gasteiger partial charge in [-0.1, -0.05) is 12.2 Å². The number of aromatic hydroxyl groups is 1. The average Bonchev–Trinajstić information content (AvgIpc) is 2.31. The minimum atomic E-state index is -0.609. The first-order valence-corrected chi connectivity index (χ1v) is 4.88. The molecule has 90 valence electrons. The van der Waals surface area contributed by atoms with E-state index in [1.54, 1.807) is 13.1 Å². The summed E-state index contributed by atoms with van der Waals surface area (Å²) in [6, 6.07) is 2.26. The fraction of sp³-hybridized carbons (Fsp3) is 0.182. The predicted octanol–water partition coefficient (Wildman–Crippen LogP) is 1.35. The fourth-order valence-corrected chi connectivity index (χ4v) is 1.29. The molecule has 0 radical (unpaired) electrons. The van der Waals surface area contributed by atoms with Gasteiger partial charge < -0.3 is 10.4 Å². The highest BCUT2D eigenvalue weighted by Crippen LogP contribution is 2.28. The number of aldehydes is 1. The van der Waals surface area contributed by atoms with Crippen molar-refractivity contribution >= 4 is 18.0 Å². The van der Waals surface area contributed by atoms with E-state index in [1.165, 1.54) is 12.1 Å². The number of nitrogens with zero attached hydrogens (tertiary/aromatic N) is 1. The van der Waals surface area contributed by atoms with Crippen molar-refractivity contribution in [3.8, 4) is 5.75 Å². The topological polar surface area (TPSA) is 92.5 Å². The lowest BCUT2D eigenvalue weighted by atomic mass is 10.1. The van der Waals surface area contributed by atoms with E-state index in [4.69, 9.17) is 0 Å². The molecule has 0 aromatic heterocycles. The zero-order valence-electron chi connectivity index (χ0n) is 9.21. The standard InChI is InChI=1S/C11H12N2O4/c1-12-4-2-3-8-5-10(13(16)17)6-9(7-14)11(8)15/h2-3,5-7,12,15H,4H2,1H3. The Balaban J connectivity index is 3.22. The summed E-state index contributed by atoms with van der Waals surface area (Å²) in [5, 5.41) is 23.2. The Bertz CT molecular complexity index is 469. The van der Waals surface area contributed by atoms with Gasteiger partial charge >= 0.3 is 0 Å². The minimum Gasteiger partial charge on any atom is -0.507 e. The number of nitrogens with one attached hydrogen (secondary N) is 1. The molecule has 0 unspecified atom stereocenters. The third-order valence-corrected chi connectivity index (χ3v) is 2.11. The van der Waals surface area contributed by atoms with Crippen LogP contribution in [0.25, 0.3) is 6.08 Å². The molecule has 0 spiro atoms. The molecule has 0 bridgehead atoms. The van der Waals surface area contributed by atoms with Crippen molar-refractivity contribution in [3.63, 3.8) is 0 Å². The normalized spacial score (nSPS) is 10.6. The van der Waals surface area contributed by atoms with Gasteiger partial charge in [0.05, 0.1) is 10.5 Å². The number of phenols is 1. The Kier molecular flexibility index (Phi) is 4.36. The molecule has 17 heavy (non-hydrogen) atoms. The van der Waals surface area contributed by atoms with Crippen molar-refractivity contribution in [2.75, 3.05) is 13.6 Å². The van der Waals surface area contributed by atoms with Crippen molar-refractivity contribution in [3.05, 3.63) is 39.4 Å². The molecular formula is C11H12N2O4. The SMILES string of the molecule is CNCC=Cc1cc([N+](=O)[O-])cc(C=O)c1O. The molecule has 1 aromatic carbocycles. The number of benzene rings is 1. The lowest BCUT2D eigenvalue weighted by molar-refractivity contribution is -0.384. The van der Waals surface area contributed by atoms with Crippen LogP contribution in [0, 0.1) is 10.1 Å². The lowest BCUT2D eigenvalue weighted by Gasteiger charge is -2.02. The maximum atomic E-state index is 10.7. The Morgan fingerprint density at radius 2 is 2.12 bits per heavy atom. The number of hydrogen-bond acceptors (Lipinski definition) is 5. The zero-order valence-corrected chi connectivity index (χ0v) is 9.21. The van der Waals surface area contributed by atoms with E-state index in [-0.39, 0.29) is 22.6 Å². The van der Waals surface area contributed by atoms with Crippen molar-refractivity contribution in [2.24, 2.45) is 0 Å². The van der Waals surface area contributed by atoms with Crippen LogP contribution in [0.4, 0.5) is 5.69 Å². The molecule has 6 heteroatoms. The van der Waals surface area contributed by atoms with E-state index in [1.807, 2.05) is 0 Å². The first-order valence-electron chi connectivity index (χ1n) is 4.88. The van der Waals surface area contributed by atoms with Crippen LogP contribution in [-0.4, -0.2) is 29.9 Å². The molecule has 0 aliphatic carbocycles. The Morgan fingerprint density at radius 3 is 2.65 bits per heavy atom. The van der Waals surface area contributed by atoms with Gasteiger partial charge in [-0.3, -0.25) is 14.9 Å². The molecule has 0 atom stereocenters. The third-order valence-electron chi connectivity index (χ3n) is 2.11. The molecule has 0 aliphatic rings. The van der Waals surface area contributed by atoms with Crippen LogP contribution in [0.15, 0.2) is 18.2 Å². The van der Waals surface area contributed by atoms with Crippen molar-refractivity contribution in [1.82, 2.24) is 5.32 Å². The number of hydrogen-bond donors (Lipinski definition) is 2. The zero-order chi connectivity index (χ0) is 12.8. The molecule has 1 aromatic rings. The summed E-state index contributed by atoms with van der Waals surface area (Å²) in [7, 11) is 1.74. The number of phenolic OH excluding ortho intramolecular Hbond substituents is 1. The summed E-state index contributed by atoms with van der Waals surface area (Å²) in [5.74, 6) is -0.252. The molecule has 0 aliphatic heterocycles. The summed E-state index contributed by atoms with van der Waals surface area (Å²) in [4.78, 5) is 20.7. The molecule has 2 N–H and O–H groups in total. The van der Waals surface area contributed by atoms with Crippen LogP contribution < -0.4 is 5.32 Å². The summed E-state index contributed by atoms with van der Waals surface area (Å²) in [5.41, 5.74) is -0.0751. The van der Waals surface area contributed by atoms with Gasteiger partial charge in [-0.05, 0) is 7.05 Å². The highest BCUT2D eigenvalue weighted by atomic mass is 16.6.